The topological polar surface area (TPSA) is 220 Å². The van der Waals surface area contributed by atoms with Crippen LogP contribution in [0, 0.1) is 0 Å². The Morgan fingerprint density at radius 1 is 0.875 bits per heavy atom. The molecular formula is C32H34N6O8S2. The summed E-state index contributed by atoms with van der Waals surface area (Å²) in [5.41, 5.74) is 8.03. The number of nitrogens with zero attached hydrogens (tertiary/aromatic N) is 1. The van der Waals surface area contributed by atoms with Crippen LogP contribution in [-0.4, -0.2) is 85.0 Å². The van der Waals surface area contributed by atoms with Gasteiger partial charge in [0.1, 0.15) is 40.3 Å². The van der Waals surface area contributed by atoms with E-state index in [0.29, 0.717) is 28.0 Å². The Bertz CT molecular complexity index is 1700. The fourth-order valence-electron chi connectivity index (χ4n) is 5.52. The lowest BCUT2D eigenvalue weighted by Crippen LogP contribution is -2.71. The van der Waals surface area contributed by atoms with Gasteiger partial charge in [0, 0.05) is 11.5 Å². The van der Waals surface area contributed by atoms with Crippen LogP contribution in [0.1, 0.15) is 37.1 Å². The lowest BCUT2D eigenvalue weighted by molar-refractivity contribution is -0.151. The first-order chi connectivity index (χ1) is 22.9. The van der Waals surface area contributed by atoms with Crippen LogP contribution < -0.4 is 27.0 Å². The minimum atomic E-state index is -1.46. The van der Waals surface area contributed by atoms with Gasteiger partial charge < -0.3 is 37.2 Å². The molecule has 3 heterocycles. The highest BCUT2D eigenvalue weighted by atomic mass is 32.2. The standard InChI is InChI=1S/C32H34N6O8S2/c1-15-13-47-28(22(31(43)44)35-25(39)19(33)17-9-5-3-6-10-17)37-20(15)26(40)34-21(18-11-7-4-8-12-18)27(41)36-23-29(42)38-24(32(45)46)16(2)14-48-30(23)38/h3-12,19,21-23,28,30,37H,13-14,33H2,1-2H3,(H,34,40)(H,35,39)(H,36,41)(H,43,44)(H,45,46)/t19-,21-,22?,23-,28?,30-/m1/s1. The number of nitrogens with two attached hydrogens (primary N) is 1. The Kier molecular flexibility index (Phi) is 10.5. The smallest absolute Gasteiger partial charge is 0.352 e. The summed E-state index contributed by atoms with van der Waals surface area (Å²) in [6.45, 7) is 3.32. The number of fused-ring (bicyclic) bond motifs is 1. The number of thioether (sulfide) groups is 2. The summed E-state index contributed by atoms with van der Waals surface area (Å²) in [7, 11) is 0. The van der Waals surface area contributed by atoms with Gasteiger partial charge in [-0.25, -0.2) is 9.59 Å². The van der Waals surface area contributed by atoms with Gasteiger partial charge in [-0.3, -0.25) is 24.1 Å². The van der Waals surface area contributed by atoms with E-state index in [1.165, 1.54) is 23.5 Å². The molecule has 2 unspecified atom stereocenters. The van der Waals surface area contributed by atoms with Crippen LogP contribution >= 0.6 is 23.5 Å². The first-order valence-electron chi connectivity index (χ1n) is 14.8. The van der Waals surface area contributed by atoms with Gasteiger partial charge in [0.15, 0.2) is 6.04 Å². The number of nitrogens with one attached hydrogen (secondary N) is 4. The number of hydrogen-bond acceptors (Lipinski definition) is 10. The number of benzene rings is 2. The van der Waals surface area contributed by atoms with Gasteiger partial charge in [-0.05, 0) is 36.1 Å². The molecule has 1 saturated heterocycles. The predicted octanol–water partition coefficient (Wildman–Crippen LogP) is 0.808. The van der Waals surface area contributed by atoms with Crippen LogP contribution in [0.3, 0.4) is 0 Å². The zero-order valence-electron chi connectivity index (χ0n) is 25.8. The summed E-state index contributed by atoms with van der Waals surface area (Å²) in [6.07, 6.45) is 0. The lowest BCUT2D eigenvalue weighted by atomic mass is 10.0. The Morgan fingerprint density at radius 2 is 1.48 bits per heavy atom. The van der Waals surface area contributed by atoms with Gasteiger partial charge in [-0.2, -0.15) is 0 Å². The van der Waals surface area contributed by atoms with Crippen molar-refractivity contribution >= 4 is 59.1 Å². The molecule has 2 aromatic carbocycles. The maximum absolute atomic E-state index is 13.7. The number of carboxylic acid groups (broad SMARTS) is 2. The highest BCUT2D eigenvalue weighted by Crippen LogP contribution is 2.40. The third kappa shape index (κ3) is 7.05. The van der Waals surface area contributed by atoms with E-state index in [4.69, 9.17) is 5.73 Å². The van der Waals surface area contributed by atoms with Crippen LogP contribution in [0.4, 0.5) is 0 Å². The molecular weight excluding hydrogens is 661 g/mol. The number of amides is 4. The van der Waals surface area contributed by atoms with E-state index in [2.05, 4.69) is 21.3 Å². The molecule has 0 aliphatic carbocycles. The summed E-state index contributed by atoms with van der Waals surface area (Å²) in [6, 6.07) is 12.0. The van der Waals surface area contributed by atoms with E-state index in [9.17, 15) is 39.0 Å². The lowest BCUT2D eigenvalue weighted by Gasteiger charge is -2.49. The van der Waals surface area contributed by atoms with Crippen molar-refractivity contribution in [1.29, 1.82) is 0 Å². The Balaban J connectivity index is 1.30. The summed E-state index contributed by atoms with van der Waals surface area (Å²) < 4.78 is 0. The van der Waals surface area contributed by atoms with E-state index in [0.717, 1.165) is 4.90 Å². The average Bonchev–Trinajstić information content (AvgIpc) is 3.08. The quantitative estimate of drug-likeness (QED) is 0.163. The van der Waals surface area contributed by atoms with Crippen molar-refractivity contribution in [2.45, 2.75) is 48.8 Å². The van der Waals surface area contributed by atoms with Crippen LogP contribution in [0.5, 0.6) is 0 Å². The molecule has 0 radical (unpaired) electrons. The maximum atomic E-state index is 13.7. The fraction of sp³-hybridized carbons (Fsp3) is 0.312. The van der Waals surface area contributed by atoms with E-state index in [-0.39, 0.29) is 17.1 Å². The van der Waals surface area contributed by atoms with E-state index in [1.54, 1.807) is 74.5 Å². The second-order valence-corrected chi connectivity index (χ2v) is 13.6. The zero-order valence-corrected chi connectivity index (χ0v) is 27.5. The number of carbonyl (C=O) groups excluding carboxylic acids is 4. The van der Waals surface area contributed by atoms with Crippen molar-refractivity contribution in [3.8, 4) is 0 Å². The SMILES string of the molecule is CC1=C(C(=O)N[C@@H](C(=O)N[C@@H]2C(=O)N3C(C(=O)O)=C(C)CS[C@H]23)c2ccccc2)NC(C(NC(=O)[C@H](N)c2ccccc2)C(=O)O)SC1. The van der Waals surface area contributed by atoms with Crippen molar-refractivity contribution in [3.63, 3.8) is 0 Å². The molecule has 6 atom stereocenters. The Labute approximate surface area is 283 Å². The molecule has 0 bridgehead atoms. The number of carbonyl (C=O) groups is 6. The maximum Gasteiger partial charge on any atom is 0.352 e. The molecule has 2 aromatic rings. The normalized spacial score (nSPS) is 22.3. The van der Waals surface area contributed by atoms with Crippen molar-refractivity contribution in [2.24, 2.45) is 5.73 Å². The first kappa shape index (κ1) is 34.5. The first-order valence-corrected chi connectivity index (χ1v) is 16.9. The predicted molar refractivity (Wildman–Crippen MR) is 178 cm³/mol. The van der Waals surface area contributed by atoms with Crippen LogP contribution in [0.25, 0.3) is 0 Å². The van der Waals surface area contributed by atoms with Gasteiger partial charge in [-0.15, -0.1) is 23.5 Å². The molecule has 3 aliphatic rings. The number of hydrogen-bond donors (Lipinski definition) is 7. The molecule has 4 amide bonds. The van der Waals surface area contributed by atoms with Crippen LogP contribution in [0.2, 0.25) is 0 Å². The Hall–Kier alpha value is -4.80. The van der Waals surface area contributed by atoms with Crippen LogP contribution in [0.15, 0.2) is 83.2 Å². The number of aliphatic carboxylic acids is 2. The fourth-order valence-corrected chi connectivity index (χ4v) is 7.96. The van der Waals surface area contributed by atoms with E-state index < -0.39 is 70.5 Å². The van der Waals surface area contributed by atoms with Crippen molar-refractivity contribution < 1.29 is 39.0 Å². The zero-order chi connectivity index (χ0) is 34.7. The molecule has 3 aliphatic heterocycles. The molecule has 8 N–H and O–H groups in total. The summed E-state index contributed by atoms with van der Waals surface area (Å²) >= 11 is 2.50. The molecule has 5 rings (SSSR count). The van der Waals surface area contributed by atoms with E-state index in [1.807, 2.05) is 0 Å². The van der Waals surface area contributed by atoms with Gasteiger partial charge in [0.25, 0.3) is 11.8 Å². The van der Waals surface area contributed by atoms with Gasteiger partial charge in [0.05, 0.1) is 0 Å². The van der Waals surface area contributed by atoms with Crippen molar-refractivity contribution in [1.82, 2.24) is 26.2 Å². The number of β-lactam (4-membered cyclic amide) rings is 1. The van der Waals surface area contributed by atoms with Gasteiger partial charge in [-0.1, -0.05) is 60.7 Å². The van der Waals surface area contributed by atoms with Gasteiger partial charge >= 0.3 is 11.9 Å². The minimum Gasteiger partial charge on any atom is -0.480 e. The molecule has 16 heteroatoms. The summed E-state index contributed by atoms with van der Waals surface area (Å²) in [5.74, 6) is -4.64. The largest absolute Gasteiger partial charge is 0.480 e. The summed E-state index contributed by atoms with van der Waals surface area (Å²) in [5, 5.41) is 28.9. The van der Waals surface area contributed by atoms with E-state index >= 15 is 0 Å². The second kappa shape index (κ2) is 14.5. The molecule has 0 spiro atoms. The van der Waals surface area contributed by atoms with Crippen molar-refractivity contribution in [2.75, 3.05) is 11.5 Å². The average molecular weight is 695 g/mol. The highest BCUT2D eigenvalue weighted by Gasteiger charge is 2.54. The molecule has 48 heavy (non-hydrogen) atoms. The minimum absolute atomic E-state index is 0.0285. The second-order valence-electron chi connectivity index (χ2n) is 11.4. The highest BCUT2D eigenvalue weighted by molar-refractivity contribution is 8.00. The summed E-state index contributed by atoms with van der Waals surface area (Å²) in [4.78, 5) is 78.6. The van der Waals surface area contributed by atoms with Crippen LogP contribution in [-0.2, 0) is 28.8 Å². The third-order valence-corrected chi connectivity index (χ3v) is 10.8. The molecule has 1 fully saturated rings. The van der Waals surface area contributed by atoms with Crippen molar-refractivity contribution in [3.05, 3.63) is 94.3 Å². The molecule has 14 nitrogen and oxygen atoms in total. The monoisotopic (exact) mass is 694 g/mol. The molecule has 0 saturated carbocycles. The Morgan fingerprint density at radius 3 is 2.08 bits per heavy atom. The number of carboxylic acids is 2. The molecule has 0 aromatic heterocycles. The van der Waals surface area contributed by atoms with Gasteiger partial charge in [0.2, 0.25) is 11.8 Å². The third-order valence-electron chi connectivity index (χ3n) is 8.06. The molecule has 252 valence electrons. The number of rotatable bonds is 11.